The molecule has 6 nitrogen and oxygen atoms in total. The molecule has 0 radical (unpaired) electrons. The van der Waals surface area contributed by atoms with E-state index in [1.54, 1.807) is 12.1 Å². The number of halogens is 2. The van der Waals surface area contributed by atoms with Crippen LogP contribution in [0, 0.1) is 5.82 Å². The van der Waals surface area contributed by atoms with Crippen LogP contribution in [0.3, 0.4) is 0 Å². The van der Waals surface area contributed by atoms with Gasteiger partial charge in [-0.2, -0.15) is 0 Å². The average Bonchev–Trinajstić information content (AvgIpc) is 3.33. The zero-order chi connectivity index (χ0) is 26.8. The second-order valence-electron chi connectivity index (χ2n) is 10.1. The summed E-state index contributed by atoms with van der Waals surface area (Å²) < 4.78 is 25.0. The van der Waals surface area contributed by atoms with Gasteiger partial charge in [0.05, 0.1) is 25.9 Å². The lowest BCUT2D eigenvalue weighted by Gasteiger charge is -2.36. The van der Waals surface area contributed by atoms with Crippen molar-refractivity contribution in [3.05, 3.63) is 100.0 Å². The molecule has 0 aliphatic carbocycles. The van der Waals surface area contributed by atoms with Crippen LogP contribution in [0.4, 0.5) is 4.39 Å². The predicted molar refractivity (Wildman–Crippen MR) is 150 cm³/mol. The Morgan fingerprint density at radius 3 is 2.56 bits per heavy atom. The van der Waals surface area contributed by atoms with Gasteiger partial charge in [-0.05, 0) is 78.6 Å². The van der Waals surface area contributed by atoms with E-state index < -0.39 is 0 Å². The molecule has 6 rings (SSSR count). The smallest absolute Gasteiger partial charge is 0.254 e. The Morgan fingerprint density at radius 1 is 1.03 bits per heavy atom. The van der Waals surface area contributed by atoms with Gasteiger partial charge in [-0.25, -0.2) is 4.39 Å². The maximum atomic E-state index is 13.7. The number of nitrogens with one attached hydrogen (secondary N) is 1. The second kappa shape index (κ2) is 11.4. The minimum Gasteiger partial charge on any atom is -0.494 e. The number of rotatable bonds is 7. The number of hydrogen-bond donors (Lipinski definition) is 1. The minimum atomic E-state index is -0.364. The average molecular weight is 548 g/mol. The molecule has 0 bridgehead atoms. The highest BCUT2D eigenvalue weighted by molar-refractivity contribution is 6.31. The van der Waals surface area contributed by atoms with E-state index in [1.807, 2.05) is 47.4 Å². The van der Waals surface area contributed by atoms with Crippen molar-refractivity contribution in [1.82, 2.24) is 14.8 Å². The Labute approximate surface area is 232 Å². The summed E-state index contributed by atoms with van der Waals surface area (Å²) in [5, 5.41) is 1.76. The molecular formula is C31H31ClFN3O3. The third-order valence-electron chi connectivity index (χ3n) is 7.63. The molecule has 4 aromatic rings. The van der Waals surface area contributed by atoms with Crippen molar-refractivity contribution in [3.8, 4) is 5.75 Å². The summed E-state index contributed by atoms with van der Waals surface area (Å²) >= 11 is 6.33. The summed E-state index contributed by atoms with van der Waals surface area (Å²) in [7, 11) is 0. The van der Waals surface area contributed by atoms with Gasteiger partial charge in [-0.3, -0.25) is 9.69 Å². The van der Waals surface area contributed by atoms with Crippen LogP contribution < -0.4 is 4.74 Å². The Hall–Kier alpha value is -3.39. The number of ether oxygens (including phenoxy) is 2. The normalized spacial score (nSPS) is 17.8. The molecule has 0 spiro atoms. The molecule has 39 heavy (non-hydrogen) atoms. The number of aromatic nitrogens is 1. The first-order valence-corrected chi connectivity index (χ1v) is 13.8. The van der Waals surface area contributed by atoms with Gasteiger partial charge in [-0.15, -0.1) is 0 Å². The fourth-order valence-electron chi connectivity index (χ4n) is 5.63. The molecule has 2 aliphatic rings. The van der Waals surface area contributed by atoms with Gasteiger partial charge in [-0.1, -0.05) is 23.7 Å². The molecule has 1 saturated heterocycles. The molecule has 202 valence electrons. The summed E-state index contributed by atoms with van der Waals surface area (Å²) in [4.78, 5) is 21.5. The predicted octanol–water partition coefficient (Wildman–Crippen LogP) is 5.85. The van der Waals surface area contributed by atoms with Crippen LogP contribution in [0.25, 0.3) is 10.9 Å². The third-order valence-corrected chi connectivity index (χ3v) is 7.86. The maximum absolute atomic E-state index is 13.7. The molecule has 1 fully saturated rings. The van der Waals surface area contributed by atoms with Gasteiger partial charge in [0, 0.05) is 53.4 Å². The molecule has 2 aliphatic heterocycles. The number of H-pyrrole nitrogens is 1. The van der Waals surface area contributed by atoms with Crippen molar-refractivity contribution >= 4 is 28.4 Å². The summed E-state index contributed by atoms with van der Waals surface area (Å²) in [6, 6.07) is 19.2. The molecule has 1 N–H and O–H groups in total. The van der Waals surface area contributed by atoms with Gasteiger partial charge >= 0.3 is 0 Å². The van der Waals surface area contributed by atoms with Gasteiger partial charge in [0.15, 0.2) is 0 Å². The number of aromatic amines is 1. The fraction of sp³-hybridized carbons (Fsp3) is 0.323. The van der Waals surface area contributed by atoms with E-state index >= 15 is 0 Å². The van der Waals surface area contributed by atoms with Crippen LogP contribution in [0.15, 0.2) is 66.7 Å². The zero-order valence-corrected chi connectivity index (χ0v) is 22.4. The van der Waals surface area contributed by atoms with E-state index in [2.05, 4.69) is 9.88 Å². The Kier molecular flexibility index (Phi) is 7.55. The van der Waals surface area contributed by atoms with Crippen LogP contribution in [0.2, 0.25) is 5.02 Å². The third kappa shape index (κ3) is 5.53. The first kappa shape index (κ1) is 25.9. The molecule has 8 heteroatoms. The molecular weight excluding hydrogens is 517 g/mol. The molecule has 1 amide bonds. The van der Waals surface area contributed by atoms with Gasteiger partial charge in [0.1, 0.15) is 11.6 Å². The van der Waals surface area contributed by atoms with Crippen molar-refractivity contribution in [2.75, 3.05) is 46.0 Å². The van der Waals surface area contributed by atoms with Gasteiger partial charge in [0.25, 0.3) is 5.91 Å². The fourth-order valence-corrected chi connectivity index (χ4v) is 5.81. The quantitative estimate of drug-likeness (QED) is 0.295. The number of morpholine rings is 1. The SMILES string of the molecule is O=C(c1ccc(F)cc1)N1CCc2c([nH]c3ccc(Cl)cc23)C1c1ccc(OCCCN2CCOCC2)cc1. The van der Waals surface area contributed by atoms with E-state index in [0.29, 0.717) is 30.2 Å². The Morgan fingerprint density at radius 2 is 1.79 bits per heavy atom. The highest BCUT2D eigenvalue weighted by Gasteiger charge is 2.35. The second-order valence-corrected chi connectivity index (χ2v) is 10.5. The number of hydrogen-bond acceptors (Lipinski definition) is 4. The van der Waals surface area contributed by atoms with Crippen LogP contribution in [0.5, 0.6) is 5.75 Å². The maximum Gasteiger partial charge on any atom is 0.254 e. The lowest BCUT2D eigenvalue weighted by Crippen LogP contribution is -2.40. The molecule has 0 saturated carbocycles. The largest absolute Gasteiger partial charge is 0.494 e. The van der Waals surface area contributed by atoms with E-state index in [-0.39, 0.29) is 17.8 Å². The Balaban J connectivity index is 1.25. The van der Waals surface area contributed by atoms with Crippen LogP contribution >= 0.6 is 11.6 Å². The van der Waals surface area contributed by atoms with E-state index in [4.69, 9.17) is 21.1 Å². The van der Waals surface area contributed by atoms with Gasteiger partial charge < -0.3 is 19.4 Å². The number of carbonyl (C=O) groups is 1. The monoisotopic (exact) mass is 547 g/mol. The first-order chi connectivity index (χ1) is 19.1. The summed E-state index contributed by atoms with van der Waals surface area (Å²) in [6.45, 7) is 5.73. The molecule has 1 unspecified atom stereocenters. The minimum absolute atomic E-state index is 0.134. The highest BCUT2D eigenvalue weighted by atomic mass is 35.5. The molecule has 3 aromatic carbocycles. The summed E-state index contributed by atoms with van der Waals surface area (Å²) in [5.41, 5.74) is 4.58. The zero-order valence-electron chi connectivity index (χ0n) is 21.7. The standard InChI is InChI=1S/C31H31ClFN3O3/c32-23-6-11-28-27(20-23)26-12-14-36(31(37)22-2-7-24(33)8-3-22)30(29(26)34-28)21-4-9-25(10-5-21)39-17-1-13-35-15-18-38-19-16-35/h2-11,20,30,34H,1,12-19H2. The first-order valence-electron chi connectivity index (χ1n) is 13.5. The van der Waals surface area contributed by atoms with Crippen LogP contribution in [-0.4, -0.2) is 66.7 Å². The molecule has 1 atom stereocenters. The van der Waals surface area contributed by atoms with E-state index in [9.17, 15) is 9.18 Å². The number of nitrogens with zero attached hydrogens (tertiary/aromatic N) is 2. The van der Waals surface area contributed by atoms with Crippen molar-refractivity contribution in [1.29, 1.82) is 0 Å². The lowest BCUT2D eigenvalue weighted by molar-refractivity contribution is 0.0358. The van der Waals surface area contributed by atoms with E-state index in [0.717, 1.165) is 67.2 Å². The van der Waals surface area contributed by atoms with E-state index in [1.165, 1.54) is 17.7 Å². The number of amides is 1. The van der Waals surface area contributed by atoms with Crippen LogP contribution in [-0.2, 0) is 11.2 Å². The van der Waals surface area contributed by atoms with Gasteiger partial charge in [0.2, 0.25) is 0 Å². The van der Waals surface area contributed by atoms with Crippen molar-refractivity contribution in [2.24, 2.45) is 0 Å². The number of benzene rings is 3. The Bertz CT molecular complexity index is 1450. The lowest BCUT2D eigenvalue weighted by atomic mass is 9.91. The number of fused-ring (bicyclic) bond motifs is 3. The molecule has 3 heterocycles. The van der Waals surface area contributed by atoms with Crippen molar-refractivity contribution in [3.63, 3.8) is 0 Å². The summed E-state index contributed by atoms with van der Waals surface area (Å²) in [5.74, 6) is 0.305. The van der Waals surface area contributed by atoms with Crippen LogP contribution in [0.1, 0.15) is 39.6 Å². The van der Waals surface area contributed by atoms with Crippen molar-refractivity contribution in [2.45, 2.75) is 18.9 Å². The van der Waals surface area contributed by atoms with Crippen molar-refractivity contribution < 1.29 is 18.7 Å². The summed E-state index contributed by atoms with van der Waals surface area (Å²) in [6.07, 6.45) is 1.65. The topological polar surface area (TPSA) is 57.8 Å². The highest BCUT2D eigenvalue weighted by Crippen LogP contribution is 2.40. The number of carbonyl (C=O) groups excluding carboxylic acids is 1. The molecule has 1 aromatic heterocycles.